The van der Waals surface area contributed by atoms with E-state index in [-0.39, 0.29) is 29.0 Å². The highest BCUT2D eigenvalue weighted by molar-refractivity contribution is 7.99. The molecule has 31 heavy (non-hydrogen) atoms. The summed E-state index contributed by atoms with van der Waals surface area (Å²) in [4.78, 5) is 27.7. The van der Waals surface area contributed by atoms with E-state index in [1.54, 1.807) is 7.05 Å². The summed E-state index contributed by atoms with van der Waals surface area (Å²) in [5, 5.41) is 4.24. The predicted molar refractivity (Wildman–Crippen MR) is 123 cm³/mol. The van der Waals surface area contributed by atoms with Crippen molar-refractivity contribution in [3.63, 3.8) is 0 Å². The minimum absolute atomic E-state index is 0.0247. The van der Waals surface area contributed by atoms with Gasteiger partial charge in [0.2, 0.25) is 5.88 Å². The van der Waals surface area contributed by atoms with Gasteiger partial charge in [0.15, 0.2) is 5.78 Å². The van der Waals surface area contributed by atoms with Gasteiger partial charge in [-0.3, -0.25) is 9.59 Å². The number of carbonyl (C=O) groups excluding carboxylic acids is 2. The molecule has 1 aliphatic carbocycles. The van der Waals surface area contributed by atoms with Crippen molar-refractivity contribution in [3.05, 3.63) is 40.1 Å². The summed E-state index contributed by atoms with van der Waals surface area (Å²) in [6.45, 7) is 8.64. The van der Waals surface area contributed by atoms with Crippen LogP contribution in [0.4, 0.5) is 0 Å². The number of carbonyl (C=O) groups is 2. The molecule has 1 aliphatic heterocycles. The minimum Gasteiger partial charge on any atom is -0.407 e. The smallest absolute Gasteiger partial charge is 0.315 e. The number of ether oxygens (including phenoxy) is 1. The SMILES string of the molecule is Cc1cc(C(=O)c2cnn(C)c2OC(=O)C2CCCCC2)c(C)c2c1SCCC2(C)C. The molecule has 1 aromatic carbocycles. The summed E-state index contributed by atoms with van der Waals surface area (Å²) < 4.78 is 7.25. The molecular weight excluding hydrogens is 408 g/mol. The molecule has 2 aliphatic rings. The number of aromatic nitrogens is 2. The quantitative estimate of drug-likeness (QED) is 0.462. The van der Waals surface area contributed by atoms with Crippen molar-refractivity contribution < 1.29 is 14.3 Å². The average molecular weight is 441 g/mol. The molecule has 5 nitrogen and oxygen atoms in total. The van der Waals surface area contributed by atoms with Crippen LogP contribution in [0, 0.1) is 19.8 Å². The van der Waals surface area contributed by atoms with E-state index in [0.717, 1.165) is 49.0 Å². The largest absolute Gasteiger partial charge is 0.407 e. The molecular formula is C25H32N2O3S. The van der Waals surface area contributed by atoms with Crippen molar-refractivity contribution in [1.29, 1.82) is 0 Å². The van der Waals surface area contributed by atoms with Gasteiger partial charge >= 0.3 is 5.97 Å². The zero-order valence-electron chi connectivity index (χ0n) is 19.2. The Kier molecular flexibility index (Phi) is 6.03. The Morgan fingerprint density at radius 2 is 1.87 bits per heavy atom. The zero-order valence-corrected chi connectivity index (χ0v) is 20.0. The van der Waals surface area contributed by atoms with Gasteiger partial charge in [-0.2, -0.15) is 5.10 Å². The van der Waals surface area contributed by atoms with E-state index in [1.165, 1.54) is 27.8 Å². The Morgan fingerprint density at radius 3 is 2.58 bits per heavy atom. The lowest BCUT2D eigenvalue weighted by molar-refractivity contribution is -0.140. The zero-order chi connectivity index (χ0) is 22.3. The second-order valence-corrected chi connectivity index (χ2v) is 10.7. The molecule has 0 N–H and O–H groups in total. The first-order chi connectivity index (χ1) is 14.7. The third-order valence-corrected chi connectivity index (χ3v) is 8.11. The van der Waals surface area contributed by atoms with E-state index < -0.39 is 0 Å². The van der Waals surface area contributed by atoms with Crippen LogP contribution in [0.5, 0.6) is 5.88 Å². The van der Waals surface area contributed by atoms with E-state index >= 15 is 0 Å². The molecule has 0 spiro atoms. The molecule has 0 atom stereocenters. The van der Waals surface area contributed by atoms with E-state index in [0.29, 0.717) is 11.1 Å². The number of aryl methyl sites for hydroxylation is 2. The summed E-state index contributed by atoms with van der Waals surface area (Å²) in [5.74, 6) is 0.890. The normalized spacial score (nSPS) is 18.5. The second-order valence-electron chi connectivity index (χ2n) is 9.62. The number of fused-ring (bicyclic) bond motifs is 1. The van der Waals surface area contributed by atoms with Gasteiger partial charge in [-0.25, -0.2) is 4.68 Å². The molecule has 0 amide bonds. The van der Waals surface area contributed by atoms with Gasteiger partial charge in [0.05, 0.1) is 12.1 Å². The third kappa shape index (κ3) is 4.07. The summed E-state index contributed by atoms with van der Waals surface area (Å²) in [6, 6.07) is 1.99. The number of benzene rings is 1. The van der Waals surface area contributed by atoms with E-state index in [1.807, 2.05) is 24.8 Å². The van der Waals surface area contributed by atoms with Crippen molar-refractivity contribution in [3.8, 4) is 5.88 Å². The maximum absolute atomic E-state index is 13.7. The van der Waals surface area contributed by atoms with E-state index in [4.69, 9.17) is 4.74 Å². The van der Waals surface area contributed by atoms with Gasteiger partial charge in [0.25, 0.3) is 0 Å². The second kappa shape index (κ2) is 8.45. The lowest BCUT2D eigenvalue weighted by Gasteiger charge is -2.35. The number of esters is 1. The first-order valence-electron chi connectivity index (χ1n) is 11.3. The molecule has 4 rings (SSSR count). The molecule has 0 saturated heterocycles. The van der Waals surface area contributed by atoms with Gasteiger partial charge in [0.1, 0.15) is 5.56 Å². The molecule has 1 aromatic heterocycles. The molecule has 1 fully saturated rings. The first-order valence-corrected chi connectivity index (χ1v) is 12.2. The highest BCUT2D eigenvalue weighted by Gasteiger charge is 2.34. The fourth-order valence-electron chi connectivity index (χ4n) is 5.03. The standard InChI is InChI=1S/C25H32N2O3S/c1-15-13-18(16(2)20-22(15)31-12-11-25(20,3)4)21(28)19-14-26-27(5)23(19)30-24(29)17-9-7-6-8-10-17/h13-14,17H,6-12H2,1-5H3. The average Bonchev–Trinajstić information content (AvgIpc) is 3.10. The van der Waals surface area contributed by atoms with Crippen LogP contribution in [0.2, 0.25) is 0 Å². The summed E-state index contributed by atoms with van der Waals surface area (Å²) in [5.41, 5.74) is 4.49. The Labute approximate surface area is 188 Å². The fraction of sp³-hybridized carbons (Fsp3) is 0.560. The number of ketones is 1. The van der Waals surface area contributed by atoms with Crippen molar-refractivity contribution >= 4 is 23.5 Å². The fourth-order valence-corrected chi connectivity index (χ4v) is 6.70. The van der Waals surface area contributed by atoms with Gasteiger partial charge in [0, 0.05) is 17.5 Å². The van der Waals surface area contributed by atoms with Crippen LogP contribution in [0.3, 0.4) is 0 Å². The lowest BCUT2D eigenvalue weighted by atomic mass is 9.77. The van der Waals surface area contributed by atoms with Crippen LogP contribution in [-0.2, 0) is 17.3 Å². The molecule has 0 unspecified atom stereocenters. The van der Waals surface area contributed by atoms with Crippen molar-refractivity contribution in [2.24, 2.45) is 13.0 Å². The Morgan fingerprint density at radius 1 is 1.16 bits per heavy atom. The lowest BCUT2D eigenvalue weighted by Crippen LogP contribution is -2.26. The number of nitrogens with zero attached hydrogens (tertiary/aromatic N) is 2. The van der Waals surface area contributed by atoms with Crippen molar-refractivity contribution in [2.75, 3.05) is 5.75 Å². The van der Waals surface area contributed by atoms with Crippen LogP contribution in [0.15, 0.2) is 17.2 Å². The van der Waals surface area contributed by atoms with Crippen LogP contribution in [0.1, 0.15) is 85.0 Å². The highest BCUT2D eigenvalue weighted by atomic mass is 32.2. The van der Waals surface area contributed by atoms with E-state index in [2.05, 4.69) is 25.9 Å². The van der Waals surface area contributed by atoms with Crippen molar-refractivity contribution in [1.82, 2.24) is 9.78 Å². The molecule has 2 heterocycles. The first kappa shape index (κ1) is 22.1. The maximum Gasteiger partial charge on any atom is 0.315 e. The number of rotatable bonds is 4. The predicted octanol–water partition coefficient (Wildman–Crippen LogP) is 5.53. The molecule has 0 radical (unpaired) electrons. The Hall–Kier alpha value is -2.08. The Bertz CT molecular complexity index is 1030. The number of thioether (sulfide) groups is 1. The highest BCUT2D eigenvalue weighted by Crippen LogP contribution is 2.46. The van der Waals surface area contributed by atoms with Gasteiger partial charge in [-0.05, 0) is 67.0 Å². The monoisotopic (exact) mass is 440 g/mol. The number of hydrogen-bond acceptors (Lipinski definition) is 5. The van der Waals surface area contributed by atoms with Crippen LogP contribution in [0.25, 0.3) is 0 Å². The minimum atomic E-state index is -0.242. The molecule has 0 bridgehead atoms. The number of hydrogen-bond donors (Lipinski definition) is 0. The van der Waals surface area contributed by atoms with Crippen molar-refractivity contribution in [2.45, 2.75) is 76.5 Å². The van der Waals surface area contributed by atoms with Gasteiger partial charge < -0.3 is 4.74 Å². The molecule has 2 aromatic rings. The van der Waals surface area contributed by atoms with Gasteiger partial charge in [-0.15, -0.1) is 11.8 Å². The van der Waals surface area contributed by atoms with Crippen LogP contribution in [-0.4, -0.2) is 27.3 Å². The van der Waals surface area contributed by atoms with Crippen LogP contribution < -0.4 is 4.74 Å². The Balaban J connectivity index is 1.70. The molecule has 6 heteroatoms. The van der Waals surface area contributed by atoms with E-state index in [9.17, 15) is 9.59 Å². The van der Waals surface area contributed by atoms with Crippen LogP contribution >= 0.6 is 11.8 Å². The molecule has 166 valence electrons. The third-order valence-electron chi connectivity index (χ3n) is 6.88. The summed E-state index contributed by atoms with van der Waals surface area (Å²) >= 11 is 1.88. The summed E-state index contributed by atoms with van der Waals surface area (Å²) in [7, 11) is 1.71. The van der Waals surface area contributed by atoms with Gasteiger partial charge in [-0.1, -0.05) is 33.1 Å². The maximum atomic E-state index is 13.7. The summed E-state index contributed by atoms with van der Waals surface area (Å²) in [6.07, 6.45) is 7.60. The molecule has 1 saturated carbocycles. The topological polar surface area (TPSA) is 61.2 Å².